The highest BCUT2D eigenvalue weighted by atomic mass is 19.1. The van der Waals surface area contributed by atoms with Crippen molar-refractivity contribution in [2.45, 2.75) is 13.8 Å². The van der Waals surface area contributed by atoms with Gasteiger partial charge in [-0.05, 0) is 43.7 Å². The van der Waals surface area contributed by atoms with Gasteiger partial charge in [0.1, 0.15) is 11.6 Å². The van der Waals surface area contributed by atoms with E-state index in [1.807, 2.05) is 0 Å². The Morgan fingerprint density at radius 2 is 1.85 bits per heavy atom. The Bertz CT molecular complexity index is 684. The van der Waals surface area contributed by atoms with Crippen molar-refractivity contribution in [3.8, 4) is 0 Å². The lowest BCUT2D eigenvalue weighted by atomic mass is 10.1. The van der Waals surface area contributed by atoms with Crippen LogP contribution in [0.1, 0.15) is 22.8 Å². The van der Waals surface area contributed by atoms with Gasteiger partial charge in [0.25, 0.3) is 0 Å². The molecule has 0 aliphatic carbocycles. The first-order chi connectivity index (χ1) is 9.38. The van der Waals surface area contributed by atoms with E-state index in [0.29, 0.717) is 11.3 Å². The number of aryl methyl sites for hydroxylation is 1. The molecule has 0 amide bonds. The Kier molecular flexibility index (Phi) is 3.70. The first kappa shape index (κ1) is 14.0. The number of carbonyl (C=O) groups is 1. The molecule has 0 atom stereocenters. The smallest absolute Gasteiger partial charge is 0.161 e. The topological polar surface area (TPSA) is 55.1 Å². The Balaban J connectivity index is 2.33. The third kappa shape index (κ3) is 2.77. The van der Waals surface area contributed by atoms with Crippen LogP contribution in [-0.2, 0) is 0 Å². The normalized spacial score (nSPS) is 10.4. The van der Waals surface area contributed by atoms with Crippen molar-refractivity contribution < 1.29 is 13.6 Å². The van der Waals surface area contributed by atoms with Crippen molar-refractivity contribution in [1.82, 2.24) is 0 Å². The molecule has 0 radical (unpaired) electrons. The van der Waals surface area contributed by atoms with Crippen molar-refractivity contribution in [2.75, 3.05) is 11.1 Å². The van der Waals surface area contributed by atoms with Crippen molar-refractivity contribution in [3.05, 3.63) is 53.1 Å². The minimum atomic E-state index is -0.557. The summed E-state index contributed by atoms with van der Waals surface area (Å²) in [4.78, 5) is 11.3. The number of hydrogen-bond acceptors (Lipinski definition) is 3. The largest absolute Gasteiger partial charge is 0.398 e. The van der Waals surface area contributed by atoms with Gasteiger partial charge in [-0.3, -0.25) is 4.79 Å². The summed E-state index contributed by atoms with van der Waals surface area (Å²) in [6.07, 6.45) is 0. The zero-order valence-corrected chi connectivity index (χ0v) is 11.1. The number of benzene rings is 2. The van der Waals surface area contributed by atoms with Crippen LogP contribution in [0, 0.1) is 18.6 Å². The van der Waals surface area contributed by atoms with Crippen LogP contribution in [0.2, 0.25) is 0 Å². The number of halogens is 2. The average Bonchev–Trinajstić information content (AvgIpc) is 2.35. The zero-order chi connectivity index (χ0) is 14.9. The lowest BCUT2D eigenvalue weighted by molar-refractivity contribution is 0.101. The van der Waals surface area contributed by atoms with E-state index in [1.54, 1.807) is 12.1 Å². The molecule has 0 unspecified atom stereocenters. The number of hydrogen-bond donors (Lipinski definition) is 2. The first-order valence-corrected chi connectivity index (χ1v) is 6.01. The number of nitrogens with two attached hydrogens (primary N) is 1. The molecule has 0 saturated heterocycles. The van der Waals surface area contributed by atoms with E-state index in [2.05, 4.69) is 5.32 Å². The molecule has 104 valence electrons. The summed E-state index contributed by atoms with van der Waals surface area (Å²) in [6, 6.07) is 6.84. The number of rotatable bonds is 3. The molecule has 0 saturated carbocycles. The van der Waals surface area contributed by atoms with Gasteiger partial charge in [0.2, 0.25) is 0 Å². The second-order valence-corrected chi connectivity index (χ2v) is 4.56. The number of Topliss-reactive ketones (excluding diaryl/α,β-unsaturated/α-hetero) is 1. The molecule has 5 heteroatoms. The van der Waals surface area contributed by atoms with E-state index in [1.165, 1.54) is 19.9 Å². The van der Waals surface area contributed by atoms with Gasteiger partial charge in [-0.2, -0.15) is 0 Å². The maximum atomic E-state index is 13.7. The van der Waals surface area contributed by atoms with Crippen molar-refractivity contribution in [3.63, 3.8) is 0 Å². The Morgan fingerprint density at radius 3 is 2.45 bits per heavy atom. The van der Waals surface area contributed by atoms with Crippen LogP contribution in [0.4, 0.5) is 25.8 Å². The molecular weight excluding hydrogens is 262 g/mol. The van der Waals surface area contributed by atoms with Gasteiger partial charge >= 0.3 is 0 Å². The summed E-state index contributed by atoms with van der Waals surface area (Å²) in [5.41, 5.74) is 7.15. The lowest BCUT2D eigenvalue weighted by Crippen LogP contribution is -2.02. The van der Waals surface area contributed by atoms with Crippen LogP contribution in [0.25, 0.3) is 0 Å². The van der Waals surface area contributed by atoms with E-state index in [0.717, 1.165) is 12.1 Å². The molecule has 0 aliphatic heterocycles. The van der Waals surface area contributed by atoms with Crippen LogP contribution >= 0.6 is 0 Å². The van der Waals surface area contributed by atoms with E-state index in [-0.39, 0.29) is 22.7 Å². The quantitative estimate of drug-likeness (QED) is 0.662. The Morgan fingerprint density at radius 1 is 1.15 bits per heavy atom. The maximum Gasteiger partial charge on any atom is 0.161 e. The van der Waals surface area contributed by atoms with E-state index < -0.39 is 11.6 Å². The van der Waals surface area contributed by atoms with Gasteiger partial charge in [0, 0.05) is 23.0 Å². The standard InChI is InChI=1S/C15H14F2N2O/c1-8-5-13(17)15(7-12(8)16)19-10-3-4-11(9(2)20)14(18)6-10/h3-7,19H,18H2,1-2H3. The van der Waals surface area contributed by atoms with Crippen LogP contribution < -0.4 is 11.1 Å². The summed E-state index contributed by atoms with van der Waals surface area (Å²) < 4.78 is 27.1. The van der Waals surface area contributed by atoms with Gasteiger partial charge < -0.3 is 11.1 Å². The maximum absolute atomic E-state index is 13.7. The second-order valence-electron chi connectivity index (χ2n) is 4.56. The molecule has 3 N–H and O–H groups in total. The molecule has 2 aromatic carbocycles. The lowest BCUT2D eigenvalue weighted by Gasteiger charge is -2.11. The highest BCUT2D eigenvalue weighted by molar-refractivity contribution is 5.99. The second kappa shape index (κ2) is 5.28. The number of anilines is 3. The summed E-state index contributed by atoms with van der Waals surface area (Å²) in [6.45, 7) is 2.90. The summed E-state index contributed by atoms with van der Waals surface area (Å²) >= 11 is 0. The molecular formula is C15H14F2N2O. The third-order valence-corrected chi connectivity index (χ3v) is 2.96. The minimum Gasteiger partial charge on any atom is -0.398 e. The van der Waals surface area contributed by atoms with Gasteiger partial charge in [0.05, 0.1) is 5.69 Å². The zero-order valence-electron chi connectivity index (χ0n) is 11.1. The fraction of sp³-hybridized carbons (Fsp3) is 0.133. The molecule has 0 heterocycles. The molecule has 2 aromatic rings. The fourth-order valence-corrected chi connectivity index (χ4v) is 1.86. The van der Waals surface area contributed by atoms with Gasteiger partial charge in [0.15, 0.2) is 5.78 Å². The molecule has 0 aromatic heterocycles. The van der Waals surface area contributed by atoms with Crippen molar-refractivity contribution >= 4 is 22.8 Å². The van der Waals surface area contributed by atoms with E-state index in [9.17, 15) is 13.6 Å². The molecule has 3 nitrogen and oxygen atoms in total. The SMILES string of the molecule is CC(=O)c1ccc(Nc2cc(F)c(C)cc2F)cc1N. The number of ketones is 1. The average molecular weight is 276 g/mol. The predicted molar refractivity (Wildman–Crippen MR) is 75.2 cm³/mol. The monoisotopic (exact) mass is 276 g/mol. The number of nitrogen functional groups attached to an aromatic ring is 1. The van der Waals surface area contributed by atoms with Gasteiger partial charge in [-0.25, -0.2) is 8.78 Å². The minimum absolute atomic E-state index is 0.0167. The predicted octanol–water partition coefficient (Wildman–Crippen LogP) is 3.80. The van der Waals surface area contributed by atoms with Crippen LogP contribution in [0.5, 0.6) is 0 Å². The highest BCUT2D eigenvalue weighted by Gasteiger charge is 2.09. The van der Waals surface area contributed by atoms with Gasteiger partial charge in [-0.15, -0.1) is 0 Å². The third-order valence-electron chi connectivity index (χ3n) is 2.96. The molecule has 20 heavy (non-hydrogen) atoms. The molecule has 0 spiro atoms. The molecule has 0 aliphatic rings. The van der Waals surface area contributed by atoms with Crippen molar-refractivity contribution in [1.29, 1.82) is 0 Å². The summed E-state index contributed by atoms with van der Waals surface area (Å²) in [5.74, 6) is -1.21. The van der Waals surface area contributed by atoms with Crippen LogP contribution in [-0.4, -0.2) is 5.78 Å². The fourth-order valence-electron chi connectivity index (χ4n) is 1.86. The summed E-state index contributed by atoms with van der Waals surface area (Å²) in [5, 5.41) is 2.74. The molecule has 0 bridgehead atoms. The van der Waals surface area contributed by atoms with Gasteiger partial charge in [-0.1, -0.05) is 0 Å². The number of nitrogens with one attached hydrogen (secondary N) is 1. The van der Waals surface area contributed by atoms with Crippen molar-refractivity contribution in [2.24, 2.45) is 0 Å². The molecule has 0 fully saturated rings. The van der Waals surface area contributed by atoms with E-state index in [4.69, 9.17) is 5.73 Å². The van der Waals surface area contributed by atoms with Crippen LogP contribution in [0.3, 0.4) is 0 Å². The first-order valence-electron chi connectivity index (χ1n) is 6.01. The Labute approximate surface area is 115 Å². The highest BCUT2D eigenvalue weighted by Crippen LogP contribution is 2.25. The van der Waals surface area contributed by atoms with Crippen LogP contribution in [0.15, 0.2) is 30.3 Å². The summed E-state index contributed by atoms with van der Waals surface area (Å²) in [7, 11) is 0. The number of carbonyl (C=O) groups excluding carboxylic acids is 1. The van der Waals surface area contributed by atoms with E-state index >= 15 is 0 Å². The Hall–Kier alpha value is -2.43. The molecule has 2 rings (SSSR count).